The van der Waals surface area contributed by atoms with Crippen LogP contribution in [-0.2, 0) is 0 Å². The van der Waals surface area contributed by atoms with Crippen molar-refractivity contribution in [2.24, 2.45) is 0 Å². The molecule has 0 aliphatic heterocycles. The Morgan fingerprint density at radius 2 is 2.06 bits per heavy atom. The zero-order chi connectivity index (χ0) is 12.3. The maximum atomic E-state index is 11.6. The Morgan fingerprint density at radius 1 is 1.44 bits per heavy atom. The fourth-order valence-corrected chi connectivity index (χ4v) is 1.48. The topological polar surface area (TPSA) is 49.3 Å². The Bertz CT molecular complexity index is 395. The van der Waals surface area contributed by atoms with Gasteiger partial charge in [0.15, 0.2) is 6.23 Å². The molecule has 0 aromatic heterocycles. The van der Waals surface area contributed by atoms with Gasteiger partial charge >= 0.3 is 0 Å². The van der Waals surface area contributed by atoms with Crippen LogP contribution in [0.3, 0.4) is 0 Å². The van der Waals surface area contributed by atoms with Crippen LogP contribution >= 0.6 is 50.7 Å². The number of benzene rings is 1. The Balaban J connectivity index is 2.74. The maximum Gasteiger partial charge on any atom is 0.253 e. The summed E-state index contributed by atoms with van der Waals surface area (Å²) >= 11 is 19.4. The fraction of sp³-hybridized carbons (Fsp3) is 0.222. The van der Waals surface area contributed by atoms with Crippen molar-refractivity contribution < 1.29 is 9.90 Å². The molecule has 3 nitrogen and oxygen atoms in total. The van der Waals surface area contributed by atoms with Crippen molar-refractivity contribution in [2.45, 2.75) is 10.0 Å². The number of hydrogen-bond acceptors (Lipinski definition) is 2. The molecule has 1 aromatic rings. The Hall–Kier alpha value is -0.000000000000000167. The third-order valence-corrected chi connectivity index (χ3v) is 2.78. The second-order valence-electron chi connectivity index (χ2n) is 2.93. The van der Waals surface area contributed by atoms with E-state index in [0.717, 1.165) is 4.47 Å². The minimum atomic E-state index is -1.96. The van der Waals surface area contributed by atoms with E-state index in [1.165, 1.54) is 0 Å². The minimum absolute atomic E-state index is 0.350. The molecular weight excluding hydrogens is 340 g/mol. The molecule has 0 radical (unpaired) electrons. The van der Waals surface area contributed by atoms with Gasteiger partial charge in [0.1, 0.15) is 0 Å². The second-order valence-corrected chi connectivity index (χ2v) is 6.21. The van der Waals surface area contributed by atoms with Crippen molar-refractivity contribution in [3.05, 3.63) is 34.3 Å². The summed E-state index contributed by atoms with van der Waals surface area (Å²) in [6.07, 6.45) is -1.57. The van der Waals surface area contributed by atoms with Gasteiger partial charge in [0, 0.05) is 10.0 Å². The lowest BCUT2D eigenvalue weighted by atomic mass is 10.2. The van der Waals surface area contributed by atoms with Gasteiger partial charge in [-0.15, -0.1) is 0 Å². The number of rotatable bonds is 2. The lowest BCUT2D eigenvalue weighted by molar-refractivity contribution is 0.0791. The number of aliphatic hydroxyl groups is 1. The monoisotopic (exact) mass is 345 g/mol. The van der Waals surface area contributed by atoms with Crippen molar-refractivity contribution in [1.82, 2.24) is 5.32 Å². The lowest BCUT2D eigenvalue weighted by Crippen LogP contribution is -2.43. The normalized spacial score (nSPS) is 13.3. The zero-order valence-electron chi connectivity index (χ0n) is 7.75. The van der Waals surface area contributed by atoms with Gasteiger partial charge in [-0.05, 0) is 18.2 Å². The molecule has 88 valence electrons. The lowest BCUT2D eigenvalue weighted by Gasteiger charge is -2.19. The summed E-state index contributed by atoms with van der Waals surface area (Å²) < 4.78 is -1.22. The zero-order valence-corrected chi connectivity index (χ0v) is 11.6. The van der Waals surface area contributed by atoms with E-state index < -0.39 is 15.9 Å². The number of halogens is 4. The van der Waals surface area contributed by atoms with Gasteiger partial charge in [0.2, 0.25) is 3.79 Å². The van der Waals surface area contributed by atoms with E-state index in [1.54, 1.807) is 24.3 Å². The number of hydrogen-bond donors (Lipinski definition) is 2. The highest BCUT2D eigenvalue weighted by Gasteiger charge is 2.32. The van der Waals surface area contributed by atoms with Gasteiger partial charge in [-0.25, -0.2) is 0 Å². The molecule has 1 aromatic carbocycles. The summed E-state index contributed by atoms with van der Waals surface area (Å²) in [5.41, 5.74) is 0.350. The first-order chi connectivity index (χ1) is 7.30. The Morgan fingerprint density at radius 3 is 2.56 bits per heavy atom. The summed E-state index contributed by atoms with van der Waals surface area (Å²) in [7, 11) is 0. The molecule has 0 spiro atoms. The second kappa shape index (κ2) is 5.56. The van der Waals surface area contributed by atoms with Crippen LogP contribution in [-0.4, -0.2) is 21.0 Å². The molecule has 0 heterocycles. The minimum Gasteiger partial charge on any atom is -0.369 e. The van der Waals surface area contributed by atoms with Crippen molar-refractivity contribution in [2.75, 3.05) is 0 Å². The molecule has 1 unspecified atom stereocenters. The van der Waals surface area contributed by atoms with Gasteiger partial charge in [0.05, 0.1) is 0 Å². The third kappa shape index (κ3) is 4.11. The molecule has 0 saturated heterocycles. The first-order valence-corrected chi connectivity index (χ1v) is 6.04. The largest absolute Gasteiger partial charge is 0.369 e. The molecule has 16 heavy (non-hydrogen) atoms. The number of carbonyl (C=O) groups is 1. The van der Waals surface area contributed by atoms with Gasteiger partial charge in [-0.3, -0.25) is 4.79 Å². The Labute approximate surface area is 116 Å². The SMILES string of the molecule is O=C(NC(O)C(Cl)(Cl)Cl)c1cccc(Br)c1. The Kier molecular flexibility index (Phi) is 4.88. The molecule has 7 heteroatoms. The molecule has 1 amide bonds. The summed E-state index contributed by atoms with van der Waals surface area (Å²) in [5, 5.41) is 11.5. The summed E-state index contributed by atoms with van der Waals surface area (Å²) in [6, 6.07) is 6.61. The number of nitrogens with one attached hydrogen (secondary N) is 1. The van der Waals surface area contributed by atoms with E-state index >= 15 is 0 Å². The van der Waals surface area contributed by atoms with Crippen LogP contribution in [0.4, 0.5) is 0 Å². The molecule has 2 N–H and O–H groups in total. The summed E-state index contributed by atoms with van der Waals surface area (Å²) in [5.74, 6) is -0.528. The van der Waals surface area contributed by atoms with Crippen LogP contribution < -0.4 is 5.32 Å². The standard InChI is InChI=1S/C9H7BrCl3NO2/c10-6-3-1-2-5(4-6)7(15)14-8(16)9(11,12)13/h1-4,8,16H,(H,14,15). The van der Waals surface area contributed by atoms with E-state index in [-0.39, 0.29) is 0 Å². The molecule has 0 saturated carbocycles. The predicted octanol–water partition coefficient (Wildman–Crippen LogP) is 2.87. The first-order valence-electron chi connectivity index (χ1n) is 4.12. The van der Waals surface area contributed by atoms with E-state index in [4.69, 9.17) is 34.8 Å². The summed E-state index contributed by atoms with van der Waals surface area (Å²) in [4.78, 5) is 11.6. The molecule has 0 aliphatic carbocycles. The van der Waals surface area contributed by atoms with Crippen LogP contribution in [0.2, 0.25) is 0 Å². The predicted molar refractivity (Wildman–Crippen MR) is 67.9 cm³/mol. The van der Waals surface area contributed by atoms with E-state index in [1.807, 2.05) is 0 Å². The molecule has 1 rings (SSSR count). The van der Waals surface area contributed by atoms with Crippen LogP contribution in [0, 0.1) is 0 Å². The van der Waals surface area contributed by atoms with Gasteiger partial charge in [0.25, 0.3) is 5.91 Å². The highest BCUT2D eigenvalue weighted by atomic mass is 79.9. The highest BCUT2D eigenvalue weighted by molar-refractivity contribution is 9.10. The quantitative estimate of drug-likeness (QED) is 0.638. The smallest absolute Gasteiger partial charge is 0.253 e. The van der Waals surface area contributed by atoms with E-state index in [0.29, 0.717) is 5.56 Å². The third-order valence-electron chi connectivity index (χ3n) is 1.66. The van der Waals surface area contributed by atoms with Crippen molar-refractivity contribution in [3.8, 4) is 0 Å². The van der Waals surface area contributed by atoms with E-state index in [2.05, 4.69) is 21.2 Å². The fourth-order valence-electron chi connectivity index (χ4n) is 0.919. The van der Waals surface area contributed by atoms with Crippen molar-refractivity contribution in [3.63, 3.8) is 0 Å². The number of alkyl halides is 3. The van der Waals surface area contributed by atoms with Crippen LogP contribution in [0.5, 0.6) is 0 Å². The average Bonchev–Trinajstić information content (AvgIpc) is 2.16. The van der Waals surface area contributed by atoms with Crippen LogP contribution in [0.15, 0.2) is 28.7 Å². The summed E-state index contributed by atoms with van der Waals surface area (Å²) in [6.45, 7) is 0. The number of amides is 1. The molecule has 0 fully saturated rings. The maximum absolute atomic E-state index is 11.6. The number of aliphatic hydroxyl groups excluding tert-OH is 1. The van der Waals surface area contributed by atoms with Crippen molar-refractivity contribution in [1.29, 1.82) is 0 Å². The number of carbonyl (C=O) groups excluding carboxylic acids is 1. The van der Waals surface area contributed by atoms with Gasteiger partial charge in [-0.1, -0.05) is 56.8 Å². The average molecular weight is 347 g/mol. The molecule has 1 atom stereocenters. The van der Waals surface area contributed by atoms with Crippen molar-refractivity contribution >= 4 is 56.6 Å². The highest BCUT2D eigenvalue weighted by Crippen LogP contribution is 2.29. The van der Waals surface area contributed by atoms with Crippen LogP contribution in [0.1, 0.15) is 10.4 Å². The molecule has 0 aliphatic rings. The van der Waals surface area contributed by atoms with Crippen LogP contribution in [0.25, 0.3) is 0 Å². The van der Waals surface area contributed by atoms with Gasteiger partial charge < -0.3 is 10.4 Å². The molecule has 0 bridgehead atoms. The van der Waals surface area contributed by atoms with E-state index in [9.17, 15) is 9.90 Å². The van der Waals surface area contributed by atoms with Gasteiger partial charge in [-0.2, -0.15) is 0 Å². The molecular formula is C9H7BrCl3NO2. The first kappa shape index (κ1) is 14.1.